The Morgan fingerprint density at radius 2 is 1.95 bits per heavy atom. The van der Waals surface area contributed by atoms with Crippen LogP contribution in [0.4, 0.5) is 5.69 Å². The first-order valence-electron chi connectivity index (χ1n) is 6.32. The molecule has 1 aromatic carbocycles. The van der Waals surface area contributed by atoms with Crippen LogP contribution >= 0.6 is 11.8 Å². The molecule has 3 rings (SSSR count). The summed E-state index contributed by atoms with van der Waals surface area (Å²) in [7, 11) is 0. The molecule has 0 radical (unpaired) electrons. The maximum Gasteiger partial charge on any atom is 0.253 e. The Balaban J connectivity index is 1.75. The van der Waals surface area contributed by atoms with Gasteiger partial charge in [-0.15, -0.1) is 0 Å². The molecule has 1 saturated heterocycles. The molecule has 0 spiro atoms. The van der Waals surface area contributed by atoms with Crippen LogP contribution < -0.4 is 20.5 Å². The molecule has 102 valence electrons. The number of nitrogen functional groups attached to an aromatic ring is 1. The summed E-state index contributed by atoms with van der Waals surface area (Å²) in [6.07, 6.45) is 2.03. The molecule has 0 unspecified atom stereocenters. The maximum atomic E-state index is 12.2. The van der Waals surface area contributed by atoms with Gasteiger partial charge in [-0.3, -0.25) is 4.79 Å². The molecule has 1 fully saturated rings. The Bertz CT molecular complexity index is 501. The molecule has 0 bridgehead atoms. The van der Waals surface area contributed by atoms with Crippen LogP contribution in [-0.4, -0.2) is 30.2 Å². The van der Waals surface area contributed by atoms with E-state index < -0.39 is 0 Å². The van der Waals surface area contributed by atoms with E-state index in [9.17, 15) is 4.79 Å². The van der Waals surface area contributed by atoms with Crippen molar-refractivity contribution in [2.24, 2.45) is 0 Å². The van der Waals surface area contributed by atoms with E-state index in [0.29, 0.717) is 22.7 Å². The number of nitrogens with two attached hydrogens (primary N) is 1. The van der Waals surface area contributed by atoms with Crippen molar-refractivity contribution >= 4 is 23.4 Å². The van der Waals surface area contributed by atoms with Gasteiger partial charge >= 0.3 is 0 Å². The second kappa shape index (κ2) is 5.21. The molecule has 0 atom stereocenters. The van der Waals surface area contributed by atoms with Crippen molar-refractivity contribution in [3.05, 3.63) is 17.7 Å². The van der Waals surface area contributed by atoms with Gasteiger partial charge in [0.15, 0.2) is 11.5 Å². The molecule has 2 aliphatic rings. The number of rotatable bonds is 2. The number of nitrogens with one attached hydrogen (secondary N) is 1. The lowest BCUT2D eigenvalue weighted by Crippen LogP contribution is -2.37. The molecule has 0 saturated carbocycles. The summed E-state index contributed by atoms with van der Waals surface area (Å²) in [4.78, 5) is 12.2. The first-order chi connectivity index (χ1) is 9.24. The highest BCUT2D eigenvalue weighted by atomic mass is 32.2. The van der Waals surface area contributed by atoms with E-state index in [1.54, 1.807) is 12.1 Å². The van der Waals surface area contributed by atoms with Gasteiger partial charge in [0.2, 0.25) is 6.79 Å². The monoisotopic (exact) mass is 280 g/mol. The minimum atomic E-state index is -0.132. The van der Waals surface area contributed by atoms with Crippen molar-refractivity contribution in [2.45, 2.75) is 18.9 Å². The highest BCUT2D eigenvalue weighted by Crippen LogP contribution is 2.36. The summed E-state index contributed by atoms with van der Waals surface area (Å²) in [6, 6.07) is 3.55. The van der Waals surface area contributed by atoms with Crippen LogP contribution in [-0.2, 0) is 0 Å². The van der Waals surface area contributed by atoms with Crippen molar-refractivity contribution in [1.29, 1.82) is 0 Å². The van der Waals surface area contributed by atoms with Crippen molar-refractivity contribution in [2.75, 3.05) is 24.0 Å². The molecule has 2 heterocycles. The van der Waals surface area contributed by atoms with E-state index >= 15 is 0 Å². The van der Waals surface area contributed by atoms with Crippen LogP contribution in [0.5, 0.6) is 11.5 Å². The Labute approximate surface area is 115 Å². The summed E-state index contributed by atoms with van der Waals surface area (Å²) in [5, 5.41) is 3.04. The van der Waals surface area contributed by atoms with Crippen molar-refractivity contribution in [1.82, 2.24) is 5.32 Å². The smallest absolute Gasteiger partial charge is 0.253 e. The van der Waals surface area contributed by atoms with Gasteiger partial charge < -0.3 is 20.5 Å². The Morgan fingerprint density at radius 1 is 1.26 bits per heavy atom. The first-order valence-corrected chi connectivity index (χ1v) is 7.47. The van der Waals surface area contributed by atoms with Crippen LogP contribution in [0.25, 0.3) is 0 Å². The Kier molecular flexibility index (Phi) is 3.42. The summed E-state index contributed by atoms with van der Waals surface area (Å²) in [5.41, 5.74) is 6.78. The topological polar surface area (TPSA) is 73.6 Å². The zero-order valence-corrected chi connectivity index (χ0v) is 11.3. The number of benzene rings is 1. The first kappa shape index (κ1) is 12.5. The minimum Gasteiger partial charge on any atom is -0.454 e. The van der Waals surface area contributed by atoms with Crippen molar-refractivity contribution in [3.63, 3.8) is 0 Å². The largest absolute Gasteiger partial charge is 0.454 e. The van der Waals surface area contributed by atoms with Gasteiger partial charge in [0.1, 0.15) is 0 Å². The summed E-state index contributed by atoms with van der Waals surface area (Å²) in [6.45, 7) is 0.180. The van der Waals surface area contributed by atoms with Gasteiger partial charge in [-0.2, -0.15) is 11.8 Å². The second-order valence-corrected chi connectivity index (χ2v) is 5.88. The zero-order chi connectivity index (χ0) is 13.2. The van der Waals surface area contributed by atoms with Gasteiger partial charge in [-0.1, -0.05) is 0 Å². The molecule has 1 amide bonds. The molecule has 5 nitrogen and oxygen atoms in total. The number of carbonyl (C=O) groups is 1. The van der Waals surface area contributed by atoms with Crippen LogP contribution in [0.15, 0.2) is 12.1 Å². The van der Waals surface area contributed by atoms with Gasteiger partial charge in [-0.05, 0) is 30.4 Å². The van der Waals surface area contributed by atoms with E-state index in [4.69, 9.17) is 15.2 Å². The van der Waals surface area contributed by atoms with Gasteiger partial charge in [0.25, 0.3) is 5.91 Å². The van der Waals surface area contributed by atoms with Crippen molar-refractivity contribution in [3.8, 4) is 11.5 Å². The van der Waals surface area contributed by atoms with E-state index in [0.717, 1.165) is 24.3 Å². The third kappa shape index (κ3) is 2.58. The Morgan fingerprint density at radius 3 is 2.68 bits per heavy atom. The normalized spacial score (nSPS) is 18.3. The molecular formula is C13H16N2O3S. The summed E-state index contributed by atoms with van der Waals surface area (Å²) >= 11 is 1.93. The average molecular weight is 280 g/mol. The number of fused-ring (bicyclic) bond motifs is 1. The molecule has 19 heavy (non-hydrogen) atoms. The van der Waals surface area contributed by atoms with Gasteiger partial charge in [-0.25, -0.2) is 0 Å². The third-order valence-electron chi connectivity index (χ3n) is 3.35. The third-order valence-corrected chi connectivity index (χ3v) is 4.39. The van der Waals surface area contributed by atoms with E-state index in [1.807, 2.05) is 11.8 Å². The average Bonchev–Trinajstić information content (AvgIpc) is 2.86. The number of amides is 1. The number of carbonyl (C=O) groups excluding carboxylic acids is 1. The lowest BCUT2D eigenvalue weighted by Gasteiger charge is -2.22. The number of ether oxygens (including phenoxy) is 2. The maximum absolute atomic E-state index is 12.2. The standard InChI is InChI=1S/C13H16N2O3S/c14-10-6-12-11(17-7-18-12)5-9(10)13(16)15-8-1-3-19-4-2-8/h5-6,8H,1-4,7,14H2,(H,15,16). The number of hydrogen-bond acceptors (Lipinski definition) is 5. The number of hydrogen-bond donors (Lipinski definition) is 2. The van der Waals surface area contributed by atoms with Crippen LogP contribution in [0.2, 0.25) is 0 Å². The lowest BCUT2D eigenvalue weighted by atomic mass is 10.1. The zero-order valence-electron chi connectivity index (χ0n) is 10.5. The minimum absolute atomic E-state index is 0.132. The quantitative estimate of drug-likeness (QED) is 0.805. The van der Waals surface area contributed by atoms with Crippen LogP contribution in [0.3, 0.4) is 0 Å². The molecular weight excluding hydrogens is 264 g/mol. The molecule has 0 aromatic heterocycles. The highest BCUT2D eigenvalue weighted by Gasteiger charge is 2.22. The molecule has 6 heteroatoms. The molecule has 2 aliphatic heterocycles. The van der Waals surface area contributed by atoms with Crippen molar-refractivity contribution < 1.29 is 14.3 Å². The molecule has 1 aromatic rings. The predicted octanol–water partition coefficient (Wildman–Crippen LogP) is 1.62. The molecule has 3 N–H and O–H groups in total. The summed E-state index contributed by atoms with van der Waals surface area (Å²) < 4.78 is 10.5. The predicted molar refractivity (Wildman–Crippen MR) is 74.8 cm³/mol. The van der Waals surface area contributed by atoms with Gasteiger partial charge in [0.05, 0.1) is 5.56 Å². The van der Waals surface area contributed by atoms with E-state index in [2.05, 4.69) is 5.32 Å². The van der Waals surface area contributed by atoms with E-state index in [-0.39, 0.29) is 18.7 Å². The van der Waals surface area contributed by atoms with E-state index in [1.165, 1.54) is 0 Å². The highest BCUT2D eigenvalue weighted by molar-refractivity contribution is 7.99. The van der Waals surface area contributed by atoms with Crippen LogP contribution in [0, 0.1) is 0 Å². The Hall–Kier alpha value is -1.56. The number of anilines is 1. The van der Waals surface area contributed by atoms with Crippen LogP contribution in [0.1, 0.15) is 23.2 Å². The fraction of sp³-hybridized carbons (Fsp3) is 0.462. The fourth-order valence-electron chi connectivity index (χ4n) is 2.26. The fourth-order valence-corrected chi connectivity index (χ4v) is 3.37. The SMILES string of the molecule is Nc1cc2c(cc1C(=O)NC1CCSCC1)OCO2. The van der Waals surface area contributed by atoms with Gasteiger partial charge in [0, 0.05) is 17.8 Å². The molecule has 0 aliphatic carbocycles. The second-order valence-electron chi connectivity index (χ2n) is 4.65. The number of thioether (sulfide) groups is 1. The lowest BCUT2D eigenvalue weighted by molar-refractivity contribution is 0.0935. The summed E-state index contributed by atoms with van der Waals surface area (Å²) in [5.74, 6) is 3.25.